The number of rotatable bonds is 6. The van der Waals surface area contributed by atoms with Crippen molar-refractivity contribution in [3.8, 4) is 0 Å². The van der Waals surface area contributed by atoms with Crippen molar-refractivity contribution in [2.75, 3.05) is 5.75 Å². The van der Waals surface area contributed by atoms with Crippen LogP contribution in [0.3, 0.4) is 0 Å². The van der Waals surface area contributed by atoms with E-state index in [1.54, 1.807) is 0 Å². The number of hydrogen-bond donors (Lipinski definition) is 2. The summed E-state index contributed by atoms with van der Waals surface area (Å²) in [6.07, 6.45) is 11.1. The van der Waals surface area contributed by atoms with Crippen molar-refractivity contribution in [2.24, 2.45) is 22.5 Å². The molecule has 3 N–H and O–H groups in total. The Morgan fingerprint density at radius 2 is 1.59 bits per heavy atom. The molecule has 0 aromatic heterocycles. The Balaban J connectivity index is 1.31. The molecule has 5 saturated carbocycles. The Kier molecular flexibility index (Phi) is 5.81. The first-order valence-electron chi connectivity index (χ1n) is 13.3. The molecule has 5 fully saturated rings. The van der Waals surface area contributed by atoms with Crippen molar-refractivity contribution >= 4 is 17.7 Å². The third-order valence-corrected chi connectivity index (χ3v) is 10.8. The molecule has 180 valence electrons. The van der Waals surface area contributed by atoms with E-state index in [4.69, 9.17) is 5.73 Å². The summed E-state index contributed by atoms with van der Waals surface area (Å²) in [5, 5.41) is 3.55. The van der Waals surface area contributed by atoms with Crippen molar-refractivity contribution in [1.29, 1.82) is 0 Å². The number of carbonyl (C=O) groups is 1. The number of thioether (sulfide) groups is 1. The summed E-state index contributed by atoms with van der Waals surface area (Å²) in [4.78, 5) is 15.4. The topological polar surface area (TPSA) is 55.1 Å². The van der Waals surface area contributed by atoms with Gasteiger partial charge in [0.1, 0.15) is 0 Å². The smallest absolute Gasteiger partial charge is 0.226 e. The maximum Gasteiger partial charge on any atom is 0.226 e. The van der Waals surface area contributed by atoms with E-state index in [9.17, 15) is 4.79 Å². The van der Waals surface area contributed by atoms with Crippen molar-refractivity contribution in [2.45, 2.75) is 86.6 Å². The molecule has 0 radical (unpaired) electrons. The second-order valence-corrected chi connectivity index (χ2v) is 13.2. The fraction of sp³-hybridized carbons (Fsp3) is 0.567. The molecule has 34 heavy (non-hydrogen) atoms. The Bertz CT molecular complexity index is 1020. The molecule has 5 aliphatic carbocycles. The minimum Gasteiger partial charge on any atom is -0.353 e. The minimum atomic E-state index is -0.216. The lowest BCUT2D eigenvalue weighted by Crippen LogP contribution is -2.64. The first-order valence-corrected chi connectivity index (χ1v) is 14.3. The number of hydrogen-bond acceptors (Lipinski definition) is 3. The normalized spacial score (nSPS) is 38.6. The van der Waals surface area contributed by atoms with Gasteiger partial charge < -0.3 is 11.1 Å². The maximum atomic E-state index is 14.1. The van der Waals surface area contributed by atoms with Gasteiger partial charge in [0.2, 0.25) is 5.91 Å². The molecule has 0 aliphatic heterocycles. The second-order valence-electron chi connectivity index (χ2n) is 12.1. The van der Waals surface area contributed by atoms with Crippen LogP contribution in [0.4, 0.5) is 0 Å². The molecule has 4 heteroatoms. The highest BCUT2D eigenvalue weighted by atomic mass is 32.2. The van der Waals surface area contributed by atoms with Gasteiger partial charge in [-0.25, -0.2) is 0 Å². The molecular formula is C30H38N2OS. The third-order valence-electron chi connectivity index (χ3n) is 9.45. The fourth-order valence-electron chi connectivity index (χ4n) is 8.52. The molecule has 1 amide bonds. The summed E-state index contributed by atoms with van der Waals surface area (Å²) >= 11 is 2.00. The highest BCUT2D eigenvalue weighted by Gasteiger charge is 2.65. The molecule has 4 bridgehead atoms. The number of nitrogens with two attached hydrogens (primary N) is 1. The van der Waals surface area contributed by atoms with Gasteiger partial charge in [-0.2, -0.15) is 0 Å². The van der Waals surface area contributed by atoms with E-state index in [1.807, 2.05) is 11.8 Å². The number of nitrogens with one attached hydrogen (secondary N) is 1. The minimum absolute atomic E-state index is 0.143. The van der Waals surface area contributed by atoms with Gasteiger partial charge in [-0.05, 0) is 98.7 Å². The quantitative estimate of drug-likeness (QED) is 0.499. The summed E-state index contributed by atoms with van der Waals surface area (Å²) < 4.78 is 0. The van der Waals surface area contributed by atoms with Gasteiger partial charge in [0.25, 0.3) is 0 Å². The largest absolute Gasteiger partial charge is 0.353 e. The molecular weight excluding hydrogens is 436 g/mol. The van der Waals surface area contributed by atoms with E-state index in [2.05, 4.69) is 66.0 Å². The van der Waals surface area contributed by atoms with Gasteiger partial charge >= 0.3 is 0 Å². The van der Waals surface area contributed by atoms with Gasteiger partial charge in [0.15, 0.2) is 0 Å². The monoisotopic (exact) mass is 474 g/mol. The third kappa shape index (κ3) is 4.11. The summed E-state index contributed by atoms with van der Waals surface area (Å²) in [6.45, 7) is 0. The molecule has 2 aromatic rings. The van der Waals surface area contributed by atoms with Crippen LogP contribution < -0.4 is 11.1 Å². The Labute approximate surface area is 208 Å². The lowest BCUT2D eigenvalue weighted by molar-refractivity contribution is -0.160. The van der Waals surface area contributed by atoms with E-state index in [0.29, 0.717) is 23.9 Å². The summed E-state index contributed by atoms with van der Waals surface area (Å²) in [5.74, 6) is 2.12. The van der Waals surface area contributed by atoms with Gasteiger partial charge in [-0.15, -0.1) is 11.8 Å². The zero-order valence-corrected chi connectivity index (χ0v) is 21.0. The highest BCUT2D eigenvalue weighted by molar-refractivity contribution is 7.99. The summed E-state index contributed by atoms with van der Waals surface area (Å²) in [7, 11) is 0. The lowest BCUT2D eigenvalue weighted by atomic mass is 9.38. The van der Waals surface area contributed by atoms with Gasteiger partial charge in [-0.3, -0.25) is 4.79 Å². The number of benzene rings is 2. The van der Waals surface area contributed by atoms with E-state index in [1.165, 1.54) is 29.7 Å². The van der Waals surface area contributed by atoms with Crippen LogP contribution in [0.2, 0.25) is 0 Å². The molecule has 0 heterocycles. The van der Waals surface area contributed by atoms with E-state index in [0.717, 1.165) is 50.7 Å². The molecule has 0 spiro atoms. The SMILES string of the molecule is N[C@H]1CC[C@H](NC(=O)C23CC4CC(CSc5ccccc5)(C2)CC(c2ccccc2)(C4)C3)CC1. The fourth-order valence-corrected chi connectivity index (χ4v) is 9.67. The highest BCUT2D eigenvalue weighted by Crippen LogP contribution is 2.70. The first-order chi connectivity index (χ1) is 16.5. The number of carbonyl (C=O) groups excluding carboxylic acids is 1. The van der Waals surface area contributed by atoms with Gasteiger partial charge in [0, 0.05) is 22.7 Å². The number of amides is 1. The van der Waals surface area contributed by atoms with Crippen molar-refractivity contribution in [1.82, 2.24) is 5.32 Å². The second kappa shape index (κ2) is 8.71. The van der Waals surface area contributed by atoms with E-state index in [-0.39, 0.29) is 16.2 Å². The van der Waals surface area contributed by atoms with E-state index >= 15 is 0 Å². The molecule has 2 aromatic carbocycles. The lowest BCUT2D eigenvalue weighted by Gasteiger charge is -2.66. The summed E-state index contributed by atoms with van der Waals surface area (Å²) in [5.41, 5.74) is 7.77. The average Bonchev–Trinajstić information content (AvgIpc) is 2.85. The van der Waals surface area contributed by atoms with Gasteiger partial charge in [-0.1, -0.05) is 48.5 Å². The molecule has 5 aliphatic rings. The van der Waals surface area contributed by atoms with Crippen LogP contribution in [0.15, 0.2) is 65.6 Å². The standard InChI is InChI=1S/C30H38N2OS/c31-24-11-13-25(14-12-24)32-27(33)30-17-22-15-28(19-30,21-34-26-9-5-2-6-10-26)18-29(16-22,20-30)23-7-3-1-4-8-23/h1-10,22,24-25H,11-21,31H2,(H,32,33)/t22?,24-,25-,28?,29?,30?. The molecule has 4 unspecified atom stereocenters. The van der Waals surface area contributed by atoms with Crippen LogP contribution in [0.5, 0.6) is 0 Å². The molecule has 0 saturated heterocycles. The Morgan fingerprint density at radius 1 is 0.882 bits per heavy atom. The zero-order chi connectivity index (χ0) is 23.2. The van der Waals surface area contributed by atoms with Crippen LogP contribution in [-0.2, 0) is 10.2 Å². The van der Waals surface area contributed by atoms with Gasteiger partial charge in [0.05, 0.1) is 5.41 Å². The van der Waals surface area contributed by atoms with Crippen LogP contribution in [-0.4, -0.2) is 23.7 Å². The molecule has 4 atom stereocenters. The summed E-state index contributed by atoms with van der Waals surface area (Å²) in [6, 6.07) is 22.6. The first kappa shape index (κ1) is 22.7. The van der Waals surface area contributed by atoms with Crippen molar-refractivity contribution in [3.63, 3.8) is 0 Å². The van der Waals surface area contributed by atoms with E-state index < -0.39 is 0 Å². The van der Waals surface area contributed by atoms with Crippen LogP contribution >= 0.6 is 11.8 Å². The Hall–Kier alpha value is -1.78. The van der Waals surface area contributed by atoms with Crippen LogP contribution in [0.1, 0.15) is 69.8 Å². The zero-order valence-electron chi connectivity index (χ0n) is 20.2. The molecule has 7 rings (SSSR count). The van der Waals surface area contributed by atoms with Crippen molar-refractivity contribution in [3.05, 3.63) is 66.2 Å². The van der Waals surface area contributed by atoms with Crippen LogP contribution in [0, 0.1) is 16.7 Å². The maximum absolute atomic E-state index is 14.1. The average molecular weight is 475 g/mol. The van der Waals surface area contributed by atoms with Crippen LogP contribution in [0.25, 0.3) is 0 Å². The van der Waals surface area contributed by atoms with Crippen molar-refractivity contribution < 1.29 is 4.79 Å². The Morgan fingerprint density at radius 3 is 2.32 bits per heavy atom. The predicted octanol–water partition coefficient (Wildman–Crippen LogP) is 6.07. The predicted molar refractivity (Wildman–Crippen MR) is 140 cm³/mol. The molecule has 3 nitrogen and oxygen atoms in total.